The number of ether oxygens (including phenoxy) is 1. The van der Waals surface area contributed by atoms with E-state index in [9.17, 15) is 15.1 Å². The highest BCUT2D eigenvalue weighted by atomic mass is 16.5. The maximum atomic E-state index is 13.0. The molecule has 0 atom stereocenters. The van der Waals surface area contributed by atoms with E-state index in [-0.39, 0.29) is 17.7 Å². The number of nitrogens with one attached hydrogen (secondary N) is 1. The first-order valence-electron chi connectivity index (χ1n) is 11.3. The summed E-state index contributed by atoms with van der Waals surface area (Å²) >= 11 is 0. The number of benzene rings is 1. The molecule has 1 aliphatic carbocycles. The average molecular weight is 438 g/mol. The van der Waals surface area contributed by atoms with E-state index in [1.807, 2.05) is 32.9 Å². The van der Waals surface area contributed by atoms with Crippen LogP contribution >= 0.6 is 0 Å². The Morgan fingerprint density at radius 2 is 2.00 bits per heavy atom. The van der Waals surface area contributed by atoms with E-state index in [2.05, 4.69) is 11.4 Å². The van der Waals surface area contributed by atoms with Crippen LogP contribution in [0.2, 0.25) is 0 Å². The van der Waals surface area contributed by atoms with Crippen molar-refractivity contribution in [3.05, 3.63) is 52.3 Å². The van der Waals surface area contributed by atoms with E-state index in [1.165, 1.54) is 0 Å². The molecule has 0 spiro atoms. The third kappa shape index (κ3) is 4.40. The molecule has 32 heavy (non-hydrogen) atoms. The minimum absolute atomic E-state index is 0.0674. The van der Waals surface area contributed by atoms with Crippen LogP contribution in [0.25, 0.3) is 6.08 Å². The smallest absolute Gasteiger partial charge is 0.338 e. The van der Waals surface area contributed by atoms with Crippen LogP contribution in [-0.2, 0) is 0 Å². The molecular weight excluding hydrogens is 406 g/mol. The maximum absolute atomic E-state index is 13.0. The Labute approximate surface area is 187 Å². The monoisotopic (exact) mass is 437 g/mol. The van der Waals surface area contributed by atoms with Gasteiger partial charge in [-0.1, -0.05) is 18.5 Å². The van der Waals surface area contributed by atoms with Crippen LogP contribution in [0.1, 0.15) is 68.6 Å². The number of anilines is 1. The molecule has 1 aliphatic heterocycles. The normalized spacial score (nSPS) is 19.6. The molecule has 1 saturated carbocycles. The summed E-state index contributed by atoms with van der Waals surface area (Å²) < 4.78 is 11.5. The fourth-order valence-electron chi connectivity index (χ4n) is 4.40. The summed E-state index contributed by atoms with van der Waals surface area (Å²) in [6, 6.07) is 8.87. The number of carbonyl (C=O) groups excluding carboxylic acids is 1. The Balaban J connectivity index is 1.65. The van der Waals surface area contributed by atoms with Crippen LogP contribution < -0.4 is 30.0 Å². The number of aliphatic hydroxyl groups is 1. The minimum Gasteiger partial charge on any atom is -0.491 e. The molecule has 1 aromatic carbocycles. The molecule has 3 N–H and O–H groups in total. The third-order valence-electron chi connectivity index (χ3n) is 6.16. The summed E-state index contributed by atoms with van der Waals surface area (Å²) in [5, 5.41) is 25.0. The second-order valence-electron chi connectivity index (χ2n) is 8.78. The van der Waals surface area contributed by atoms with Crippen LogP contribution in [0.4, 0.5) is 5.69 Å². The summed E-state index contributed by atoms with van der Waals surface area (Å²) in [5.74, 6) is 0.530. The maximum Gasteiger partial charge on any atom is 0.338 e. The minimum atomic E-state index is -0.420. The SMILES string of the molecule is CCOc1cc2c(cc1NC(=O)c1cccc(C(C)C)[n+]1O)=CC(C1CCC(O)CC1)=[N+]=2. The number of nitrogens with zero attached hydrogens (tertiary/aromatic N) is 2. The summed E-state index contributed by atoms with van der Waals surface area (Å²) in [6.45, 7) is 6.25. The molecule has 1 fully saturated rings. The molecule has 0 bridgehead atoms. The summed E-state index contributed by atoms with van der Waals surface area (Å²) in [5.41, 5.74) is 2.37. The topological polar surface area (TPSA) is 96.8 Å². The van der Waals surface area contributed by atoms with Crippen molar-refractivity contribution in [3.63, 3.8) is 0 Å². The van der Waals surface area contributed by atoms with E-state index in [0.717, 1.165) is 46.7 Å². The highest BCUT2D eigenvalue weighted by molar-refractivity contribution is 6.11. The third-order valence-corrected chi connectivity index (χ3v) is 6.16. The summed E-state index contributed by atoms with van der Waals surface area (Å²) in [7, 11) is 0. The van der Waals surface area contributed by atoms with Crippen molar-refractivity contribution in [1.82, 2.24) is 4.67 Å². The van der Waals surface area contributed by atoms with E-state index in [4.69, 9.17) is 9.40 Å². The van der Waals surface area contributed by atoms with Crippen molar-refractivity contribution in [1.29, 1.82) is 0 Å². The Morgan fingerprint density at radius 1 is 1.25 bits per heavy atom. The molecule has 7 heteroatoms. The number of pyridine rings is 1. The lowest BCUT2D eigenvalue weighted by atomic mass is 9.84. The second-order valence-corrected chi connectivity index (χ2v) is 8.78. The summed E-state index contributed by atoms with van der Waals surface area (Å²) in [4.78, 5) is 13.0. The van der Waals surface area contributed by atoms with E-state index in [0.29, 0.717) is 29.7 Å². The second kappa shape index (κ2) is 9.15. The Hall–Kier alpha value is -3.15. The first-order chi connectivity index (χ1) is 15.4. The van der Waals surface area contributed by atoms with Gasteiger partial charge in [-0.2, -0.15) is 0 Å². The van der Waals surface area contributed by atoms with Gasteiger partial charge in [0.1, 0.15) is 0 Å². The standard InChI is InChI=1S/C25H30N3O4/c1-4-32-24-14-20-17(12-19(26-20)16-8-10-18(29)11-9-16)13-21(24)27-25(30)23-7-5-6-22(15(2)3)28(23)31/h5-7,12-16,18,29H,4,8-11H2,1-3H3,(H,30,31)/q+1/p+1. The van der Waals surface area contributed by atoms with E-state index < -0.39 is 5.91 Å². The Bertz CT molecular complexity index is 1190. The molecule has 4 rings (SSSR count). The first kappa shape index (κ1) is 22.1. The quantitative estimate of drug-likeness (QED) is 0.362. The molecule has 2 aromatic rings. The van der Waals surface area contributed by atoms with Crippen molar-refractivity contribution in [2.75, 3.05) is 11.9 Å². The molecule has 0 unspecified atom stereocenters. The predicted molar refractivity (Wildman–Crippen MR) is 121 cm³/mol. The van der Waals surface area contributed by atoms with Gasteiger partial charge in [-0.15, -0.1) is 0 Å². The van der Waals surface area contributed by atoms with Gasteiger partial charge in [0.25, 0.3) is 0 Å². The molecule has 0 radical (unpaired) electrons. The molecule has 1 aromatic heterocycles. The summed E-state index contributed by atoms with van der Waals surface area (Å²) in [6.07, 6.45) is 5.32. The molecule has 168 valence electrons. The van der Waals surface area contributed by atoms with Crippen molar-refractivity contribution in [2.24, 2.45) is 5.92 Å². The molecule has 0 saturated heterocycles. The van der Waals surface area contributed by atoms with Gasteiger partial charge >= 0.3 is 22.7 Å². The van der Waals surface area contributed by atoms with Crippen LogP contribution in [0.3, 0.4) is 0 Å². The predicted octanol–water partition coefficient (Wildman–Crippen LogP) is 1.46. The van der Waals surface area contributed by atoms with Gasteiger partial charge in [-0.25, -0.2) is 0 Å². The van der Waals surface area contributed by atoms with Gasteiger partial charge in [-0.3, -0.25) is 10.0 Å². The van der Waals surface area contributed by atoms with Gasteiger partial charge < -0.3 is 15.2 Å². The fourth-order valence-corrected chi connectivity index (χ4v) is 4.40. The molecular formula is C25H31N3O4+2. The van der Waals surface area contributed by atoms with Crippen molar-refractivity contribution in [2.45, 2.75) is 58.5 Å². The lowest BCUT2D eigenvalue weighted by molar-refractivity contribution is -0.911. The van der Waals surface area contributed by atoms with E-state index >= 15 is 0 Å². The highest BCUT2D eigenvalue weighted by Crippen LogP contribution is 2.26. The largest absolute Gasteiger partial charge is 0.491 e. The fraction of sp³-hybridized carbons (Fsp3) is 0.440. The number of hydrogen-bond donors (Lipinski definition) is 3. The highest BCUT2D eigenvalue weighted by Gasteiger charge is 2.31. The Morgan fingerprint density at radius 3 is 2.69 bits per heavy atom. The molecule has 1 amide bonds. The van der Waals surface area contributed by atoms with Crippen molar-refractivity contribution in [3.8, 4) is 5.75 Å². The number of hydrogen-bond acceptors (Lipinski definition) is 4. The van der Waals surface area contributed by atoms with Crippen molar-refractivity contribution >= 4 is 23.4 Å². The molecule has 2 heterocycles. The molecule has 7 nitrogen and oxygen atoms in total. The number of carbonyl (C=O) groups is 1. The zero-order valence-electron chi connectivity index (χ0n) is 18.8. The lowest BCUT2D eigenvalue weighted by Gasteiger charge is -2.20. The number of amides is 1. The first-order valence-corrected chi connectivity index (χ1v) is 11.3. The molecule has 2 aliphatic rings. The average Bonchev–Trinajstić information content (AvgIpc) is 3.17. The van der Waals surface area contributed by atoms with E-state index in [1.54, 1.807) is 18.2 Å². The van der Waals surface area contributed by atoms with Gasteiger partial charge in [0.2, 0.25) is 5.69 Å². The number of rotatable bonds is 6. The van der Waals surface area contributed by atoms with Crippen molar-refractivity contribution < 1.29 is 24.6 Å². The number of fused-ring (bicyclic) bond motifs is 1. The Kier molecular flexibility index (Phi) is 6.31. The van der Waals surface area contributed by atoms with Crippen LogP contribution in [-0.4, -0.2) is 34.6 Å². The van der Waals surface area contributed by atoms with Crippen LogP contribution in [0, 0.1) is 5.92 Å². The zero-order valence-corrected chi connectivity index (χ0v) is 18.8. The van der Waals surface area contributed by atoms with Gasteiger partial charge in [0.05, 0.1) is 35.6 Å². The van der Waals surface area contributed by atoms with Gasteiger partial charge in [0.15, 0.2) is 5.75 Å². The number of aliphatic hydroxyl groups excluding tert-OH is 1. The van der Waals surface area contributed by atoms with Crippen LogP contribution in [0.5, 0.6) is 5.75 Å². The van der Waals surface area contributed by atoms with Crippen LogP contribution in [0.15, 0.2) is 30.3 Å². The number of aromatic nitrogens is 1. The lowest BCUT2D eigenvalue weighted by Crippen LogP contribution is -2.43. The van der Waals surface area contributed by atoms with Gasteiger partial charge in [0, 0.05) is 28.9 Å². The van der Waals surface area contributed by atoms with Gasteiger partial charge in [-0.05, 0) is 44.7 Å². The zero-order chi connectivity index (χ0) is 22.8.